The first kappa shape index (κ1) is 60.7. The van der Waals surface area contributed by atoms with Crippen LogP contribution in [0.5, 0.6) is 0 Å². The van der Waals surface area contributed by atoms with Gasteiger partial charge in [0.1, 0.15) is 19.8 Å². The van der Waals surface area contributed by atoms with E-state index in [2.05, 4.69) is 117 Å². The molecule has 1 N–H and O–H groups in total. The summed E-state index contributed by atoms with van der Waals surface area (Å²) in [6, 6.07) is 0. The van der Waals surface area contributed by atoms with Gasteiger partial charge in [-0.3, -0.25) is 18.6 Å². The number of esters is 2. The highest BCUT2D eigenvalue weighted by atomic mass is 31.2. The summed E-state index contributed by atoms with van der Waals surface area (Å²) < 4.78 is 34.3. The van der Waals surface area contributed by atoms with Gasteiger partial charge in [0.15, 0.2) is 6.10 Å². The predicted molar refractivity (Wildman–Crippen MR) is 270 cm³/mol. The number of phosphoric acid groups is 1. The lowest BCUT2D eigenvalue weighted by atomic mass is 10.1. The maximum atomic E-state index is 12.7. The van der Waals surface area contributed by atoms with Gasteiger partial charge in [-0.15, -0.1) is 0 Å². The summed E-state index contributed by atoms with van der Waals surface area (Å²) in [6.45, 7) is 4.19. The Hall–Kier alpha value is -3.33. The van der Waals surface area contributed by atoms with Crippen LogP contribution in [0.15, 0.2) is 109 Å². The van der Waals surface area contributed by atoms with Gasteiger partial charge in [-0.05, 0) is 96.3 Å². The summed E-state index contributed by atoms with van der Waals surface area (Å²) in [4.78, 5) is 35.5. The average molecular weight is 913 g/mol. The van der Waals surface area contributed by atoms with E-state index in [4.69, 9.17) is 18.5 Å². The molecule has 364 valence electrons. The number of ether oxygens (including phenoxy) is 2. The second-order valence-corrected chi connectivity index (χ2v) is 18.6. The van der Waals surface area contributed by atoms with Crippen LogP contribution in [0.3, 0.4) is 0 Å². The van der Waals surface area contributed by atoms with E-state index in [1.165, 1.54) is 44.9 Å². The fraction of sp³-hybridized carbons (Fsp3) is 0.630. The molecule has 10 heteroatoms. The second-order valence-electron chi connectivity index (χ2n) is 17.1. The Morgan fingerprint density at radius 1 is 0.500 bits per heavy atom. The van der Waals surface area contributed by atoms with Crippen LogP contribution in [0.25, 0.3) is 0 Å². The highest BCUT2D eigenvalue weighted by Gasteiger charge is 2.27. The molecule has 0 aliphatic heterocycles. The van der Waals surface area contributed by atoms with Crippen LogP contribution in [-0.2, 0) is 32.7 Å². The third kappa shape index (κ3) is 48.1. The fourth-order valence-corrected chi connectivity index (χ4v) is 6.71. The molecule has 0 heterocycles. The molecule has 0 aromatic heterocycles. The summed E-state index contributed by atoms with van der Waals surface area (Å²) in [5.74, 6) is -0.887. The van der Waals surface area contributed by atoms with E-state index in [-0.39, 0.29) is 26.1 Å². The van der Waals surface area contributed by atoms with Gasteiger partial charge in [0.05, 0.1) is 27.7 Å². The summed E-state index contributed by atoms with van der Waals surface area (Å²) in [5.41, 5.74) is 0. The SMILES string of the molecule is CC/C=C\C/C=C\C/C=C\C/C=C\C/C=C\C/C=C\C/C=C\CCCC(=O)OC(COC(=O)CCCCCCCCC/C=C\C/C=C\CCCCC)COP(=O)(O)OCC[N+](C)(C)C. The maximum absolute atomic E-state index is 12.7. The largest absolute Gasteiger partial charge is 0.472 e. The number of nitrogens with zero attached hydrogens (tertiary/aromatic N) is 1. The van der Waals surface area contributed by atoms with Crippen molar-refractivity contribution < 1.29 is 42.1 Å². The Bertz CT molecular complexity index is 1450. The van der Waals surface area contributed by atoms with E-state index < -0.39 is 32.5 Å². The standard InChI is InChI=1S/C54H90NO8P/c1-6-8-10-12-14-16-18-20-22-24-25-26-27-28-29-31-33-35-37-39-41-43-45-47-54(57)63-52(51-62-64(58,59)61-49-48-55(3,4)5)50-60-53(56)46-44-42-40-38-36-34-32-30-23-21-19-17-15-13-11-9-7-2/h8,10,14-17,20-23,25-26,28-29,33,35,39,41,52H,6-7,9,11-13,18-19,24,27,30-32,34,36-38,40,42-51H2,1-5H3/p+1/b10-8-,16-14-,17-15-,22-20-,23-21-,26-25-,29-28-,35-33-,41-39-. The molecule has 0 spiro atoms. The number of hydrogen-bond acceptors (Lipinski definition) is 7. The summed E-state index contributed by atoms with van der Waals surface area (Å²) in [7, 11) is 1.42. The number of phosphoric ester groups is 1. The van der Waals surface area contributed by atoms with Crippen LogP contribution in [0, 0.1) is 0 Å². The lowest BCUT2D eigenvalue weighted by molar-refractivity contribution is -0.870. The van der Waals surface area contributed by atoms with E-state index in [1.807, 2.05) is 27.2 Å². The van der Waals surface area contributed by atoms with Crippen LogP contribution in [-0.4, -0.2) is 74.9 Å². The van der Waals surface area contributed by atoms with E-state index in [9.17, 15) is 19.0 Å². The Morgan fingerprint density at radius 3 is 1.38 bits per heavy atom. The van der Waals surface area contributed by atoms with Crippen LogP contribution in [0.4, 0.5) is 0 Å². The van der Waals surface area contributed by atoms with Crippen molar-refractivity contribution in [2.24, 2.45) is 0 Å². The van der Waals surface area contributed by atoms with Gasteiger partial charge in [0, 0.05) is 12.8 Å². The molecule has 0 aromatic carbocycles. The molecular weight excluding hydrogens is 822 g/mol. The molecular formula is C54H91NO8P+. The third-order valence-corrected chi connectivity index (χ3v) is 10.8. The van der Waals surface area contributed by atoms with Crippen LogP contribution < -0.4 is 0 Å². The summed E-state index contributed by atoms with van der Waals surface area (Å²) in [5, 5.41) is 0. The van der Waals surface area contributed by atoms with Crippen molar-refractivity contribution in [3.05, 3.63) is 109 Å². The first-order valence-corrected chi connectivity index (χ1v) is 26.1. The molecule has 0 rings (SSSR count). The number of likely N-dealkylation sites (N-methyl/N-ethyl adjacent to an activating group) is 1. The lowest BCUT2D eigenvalue weighted by Crippen LogP contribution is -2.37. The molecule has 2 unspecified atom stereocenters. The number of carbonyl (C=O) groups is 2. The maximum Gasteiger partial charge on any atom is 0.472 e. The molecule has 0 aliphatic carbocycles. The van der Waals surface area contributed by atoms with E-state index >= 15 is 0 Å². The Kier molecular flexibility index (Phi) is 42.5. The summed E-state index contributed by atoms with van der Waals surface area (Å²) in [6.07, 6.45) is 61.4. The molecule has 0 saturated heterocycles. The third-order valence-electron chi connectivity index (χ3n) is 9.79. The number of allylic oxidation sites excluding steroid dienone is 18. The Labute approximate surface area is 391 Å². The Morgan fingerprint density at radius 2 is 0.906 bits per heavy atom. The van der Waals surface area contributed by atoms with Gasteiger partial charge in [-0.2, -0.15) is 0 Å². The predicted octanol–water partition coefficient (Wildman–Crippen LogP) is 14.7. The van der Waals surface area contributed by atoms with Crippen molar-refractivity contribution >= 4 is 19.8 Å². The van der Waals surface area contributed by atoms with Crippen molar-refractivity contribution in [3.63, 3.8) is 0 Å². The van der Waals surface area contributed by atoms with Crippen molar-refractivity contribution in [1.29, 1.82) is 0 Å². The topological polar surface area (TPSA) is 108 Å². The van der Waals surface area contributed by atoms with Crippen molar-refractivity contribution in [1.82, 2.24) is 0 Å². The zero-order valence-corrected chi connectivity index (χ0v) is 41.9. The molecule has 0 aliphatic rings. The van der Waals surface area contributed by atoms with Gasteiger partial charge < -0.3 is 18.9 Å². The zero-order valence-electron chi connectivity index (χ0n) is 41.0. The second kappa shape index (κ2) is 44.9. The molecule has 0 aromatic rings. The monoisotopic (exact) mass is 913 g/mol. The molecule has 0 bridgehead atoms. The van der Waals surface area contributed by atoms with Crippen molar-refractivity contribution in [3.8, 4) is 0 Å². The minimum absolute atomic E-state index is 0.0129. The minimum atomic E-state index is -4.41. The first-order chi connectivity index (χ1) is 31.0. The molecule has 0 amide bonds. The number of rotatable bonds is 43. The highest BCUT2D eigenvalue weighted by molar-refractivity contribution is 7.47. The van der Waals surface area contributed by atoms with Gasteiger partial charge in [-0.25, -0.2) is 4.57 Å². The van der Waals surface area contributed by atoms with E-state index in [0.29, 0.717) is 30.3 Å². The molecule has 0 radical (unpaired) electrons. The molecule has 9 nitrogen and oxygen atoms in total. The van der Waals surface area contributed by atoms with Crippen LogP contribution in [0.1, 0.15) is 168 Å². The van der Waals surface area contributed by atoms with Crippen molar-refractivity contribution in [2.75, 3.05) is 47.5 Å². The fourth-order valence-electron chi connectivity index (χ4n) is 5.97. The molecule has 64 heavy (non-hydrogen) atoms. The highest BCUT2D eigenvalue weighted by Crippen LogP contribution is 2.43. The lowest BCUT2D eigenvalue weighted by Gasteiger charge is -2.24. The van der Waals surface area contributed by atoms with Gasteiger partial charge in [-0.1, -0.05) is 168 Å². The van der Waals surface area contributed by atoms with E-state index in [1.54, 1.807) is 0 Å². The number of quaternary nitrogens is 1. The van der Waals surface area contributed by atoms with Gasteiger partial charge >= 0.3 is 19.8 Å². The zero-order chi connectivity index (χ0) is 47.1. The summed E-state index contributed by atoms with van der Waals surface area (Å²) >= 11 is 0. The molecule has 2 atom stereocenters. The quantitative estimate of drug-likeness (QED) is 0.0212. The smallest absolute Gasteiger partial charge is 0.462 e. The van der Waals surface area contributed by atoms with Gasteiger partial charge in [0.25, 0.3) is 0 Å². The minimum Gasteiger partial charge on any atom is -0.462 e. The van der Waals surface area contributed by atoms with Crippen LogP contribution in [0.2, 0.25) is 0 Å². The van der Waals surface area contributed by atoms with Crippen molar-refractivity contribution in [2.45, 2.75) is 174 Å². The average Bonchev–Trinajstić information content (AvgIpc) is 3.25. The normalized spacial score (nSPS) is 14.4. The number of carbonyl (C=O) groups excluding carboxylic acids is 2. The first-order valence-electron chi connectivity index (χ1n) is 24.6. The Balaban J connectivity index is 4.44. The molecule has 0 fully saturated rings. The number of hydrogen-bond donors (Lipinski definition) is 1. The molecule has 0 saturated carbocycles. The van der Waals surface area contributed by atoms with Crippen LogP contribution >= 0.6 is 7.82 Å². The van der Waals surface area contributed by atoms with E-state index in [0.717, 1.165) is 77.0 Å². The number of unbranched alkanes of at least 4 members (excludes halogenated alkanes) is 11. The van der Waals surface area contributed by atoms with Gasteiger partial charge in [0.2, 0.25) is 0 Å².